The standard InChI is InChI=1S/C26H31F3N6S/c1-16(2)34-10-12-35(13-11-34)36(5,6)23-14-21-22(15-30-23)32-18(4)33-26(21)31-17(3)19-8-7-9-20(24(19)27)25(28)29/h7-9,14-15,17,25H,1,5-6,10-13H2,2-4H3,(H,31,32,33). The van der Waals surface area contributed by atoms with Crippen molar-refractivity contribution < 1.29 is 13.2 Å². The van der Waals surface area contributed by atoms with E-state index < -0.39 is 33.2 Å². The molecule has 10 heteroatoms. The molecule has 1 aliphatic rings. The monoisotopic (exact) mass is 516 g/mol. The van der Waals surface area contributed by atoms with E-state index in [1.54, 1.807) is 20.0 Å². The van der Waals surface area contributed by atoms with Gasteiger partial charge in [-0.2, -0.15) is 0 Å². The summed E-state index contributed by atoms with van der Waals surface area (Å²) in [5.41, 5.74) is 1.17. The molecule has 1 aromatic carbocycles. The zero-order valence-corrected chi connectivity index (χ0v) is 21.6. The van der Waals surface area contributed by atoms with Gasteiger partial charge in [-0.25, -0.2) is 28.1 Å². The maximum Gasteiger partial charge on any atom is 0.266 e. The second kappa shape index (κ2) is 10.1. The first kappa shape index (κ1) is 26.0. The predicted octanol–water partition coefficient (Wildman–Crippen LogP) is 5.68. The molecule has 2 aromatic heterocycles. The van der Waals surface area contributed by atoms with Crippen LogP contribution < -0.4 is 5.32 Å². The number of rotatable bonds is 7. The maximum atomic E-state index is 14.8. The van der Waals surface area contributed by atoms with E-state index in [9.17, 15) is 13.2 Å². The Balaban J connectivity index is 1.68. The van der Waals surface area contributed by atoms with E-state index in [0.29, 0.717) is 22.5 Å². The normalized spacial score (nSPS) is 15.9. The fraction of sp³-hybridized carbons (Fsp3) is 0.346. The minimum absolute atomic E-state index is 0.135. The average molecular weight is 517 g/mol. The number of hydrogen-bond acceptors (Lipinski definition) is 6. The molecule has 192 valence electrons. The van der Waals surface area contributed by atoms with Crippen molar-refractivity contribution in [1.29, 1.82) is 0 Å². The van der Waals surface area contributed by atoms with Crippen molar-refractivity contribution in [3.8, 4) is 0 Å². The first-order chi connectivity index (χ1) is 17.0. The van der Waals surface area contributed by atoms with Crippen LogP contribution in [0.15, 0.2) is 47.8 Å². The lowest BCUT2D eigenvalue weighted by Gasteiger charge is -2.39. The first-order valence-electron chi connectivity index (χ1n) is 11.6. The van der Waals surface area contributed by atoms with Crippen molar-refractivity contribution in [1.82, 2.24) is 24.2 Å². The minimum Gasteiger partial charge on any atom is -0.373 e. The lowest BCUT2D eigenvalue weighted by atomic mass is 10.0. The quantitative estimate of drug-likeness (QED) is 0.408. The molecule has 0 radical (unpaired) electrons. The molecular formula is C26H31F3N6S. The summed E-state index contributed by atoms with van der Waals surface area (Å²) in [5.74, 6) is 8.95. The molecule has 1 N–H and O–H groups in total. The average Bonchev–Trinajstić information content (AvgIpc) is 2.83. The van der Waals surface area contributed by atoms with Crippen molar-refractivity contribution in [2.75, 3.05) is 31.5 Å². The molecule has 1 aliphatic heterocycles. The van der Waals surface area contributed by atoms with E-state index in [4.69, 9.17) is 0 Å². The van der Waals surface area contributed by atoms with E-state index in [0.717, 1.165) is 43.0 Å². The van der Waals surface area contributed by atoms with Gasteiger partial charge in [0.25, 0.3) is 6.43 Å². The number of aromatic nitrogens is 3. The van der Waals surface area contributed by atoms with Gasteiger partial charge in [-0.05, 0) is 26.8 Å². The summed E-state index contributed by atoms with van der Waals surface area (Å²) in [5, 5.41) is 4.62. The number of alkyl halides is 2. The first-order valence-corrected chi connectivity index (χ1v) is 13.5. The van der Waals surface area contributed by atoms with Crippen molar-refractivity contribution >= 4 is 37.9 Å². The van der Waals surface area contributed by atoms with Crippen molar-refractivity contribution in [3.63, 3.8) is 0 Å². The molecule has 4 rings (SSSR count). The van der Waals surface area contributed by atoms with E-state index in [-0.39, 0.29) is 5.56 Å². The summed E-state index contributed by atoms with van der Waals surface area (Å²) >= 11 is 0. The fourth-order valence-electron chi connectivity index (χ4n) is 4.35. The lowest BCUT2D eigenvalue weighted by molar-refractivity contribution is 0.146. The third kappa shape index (κ3) is 5.05. The number of anilines is 1. The van der Waals surface area contributed by atoms with Crippen LogP contribution in [0.1, 0.15) is 43.3 Å². The molecule has 0 bridgehead atoms. The van der Waals surface area contributed by atoms with Crippen LogP contribution in [0.2, 0.25) is 0 Å². The fourth-order valence-corrected chi connectivity index (χ4v) is 6.07. The minimum atomic E-state index is -2.89. The summed E-state index contributed by atoms with van der Waals surface area (Å²) in [4.78, 5) is 15.9. The smallest absolute Gasteiger partial charge is 0.266 e. The second-order valence-corrected chi connectivity index (χ2v) is 11.7. The van der Waals surface area contributed by atoms with Crippen LogP contribution in [-0.2, 0) is 0 Å². The van der Waals surface area contributed by atoms with Crippen LogP contribution in [0.5, 0.6) is 0 Å². The largest absolute Gasteiger partial charge is 0.373 e. The van der Waals surface area contributed by atoms with E-state index >= 15 is 0 Å². The van der Waals surface area contributed by atoms with E-state index in [1.165, 1.54) is 12.1 Å². The molecule has 0 amide bonds. The summed E-state index contributed by atoms with van der Waals surface area (Å²) in [6.45, 7) is 12.8. The van der Waals surface area contributed by atoms with E-state index in [2.05, 4.69) is 47.8 Å². The lowest BCUT2D eigenvalue weighted by Crippen LogP contribution is -2.43. The number of halogens is 3. The summed E-state index contributed by atoms with van der Waals surface area (Å²) in [7, 11) is -1.89. The molecule has 1 fully saturated rings. The van der Waals surface area contributed by atoms with Gasteiger partial charge in [0.2, 0.25) is 0 Å². The molecule has 36 heavy (non-hydrogen) atoms. The van der Waals surface area contributed by atoms with Gasteiger partial charge in [-0.3, -0.25) is 4.31 Å². The number of nitrogens with one attached hydrogen (secondary N) is 1. The number of allylic oxidation sites excluding steroid dienone is 1. The molecule has 3 heterocycles. The summed E-state index contributed by atoms with van der Waals surface area (Å²) < 4.78 is 43.5. The van der Waals surface area contributed by atoms with Crippen LogP contribution in [-0.4, -0.2) is 62.1 Å². The number of fused-ring (bicyclic) bond motifs is 1. The topological polar surface area (TPSA) is 57.2 Å². The second-order valence-electron chi connectivity index (χ2n) is 9.07. The zero-order valence-electron chi connectivity index (χ0n) is 20.8. The Labute approximate surface area is 210 Å². The van der Waals surface area contributed by atoms with Gasteiger partial charge in [0.15, 0.2) is 0 Å². The highest BCUT2D eigenvalue weighted by molar-refractivity contribution is 8.25. The van der Waals surface area contributed by atoms with Crippen LogP contribution in [0.4, 0.5) is 19.0 Å². The van der Waals surface area contributed by atoms with Gasteiger partial charge in [0.1, 0.15) is 17.5 Å². The van der Waals surface area contributed by atoms with Gasteiger partial charge in [-0.15, -0.1) is 9.39 Å². The van der Waals surface area contributed by atoms with Crippen LogP contribution >= 0.6 is 9.39 Å². The molecule has 3 aromatic rings. The van der Waals surface area contributed by atoms with Crippen molar-refractivity contribution in [2.45, 2.75) is 38.3 Å². The number of nitrogens with zero attached hydrogens (tertiary/aromatic N) is 5. The summed E-state index contributed by atoms with van der Waals surface area (Å²) in [6, 6.07) is 5.29. The van der Waals surface area contributed by atoms with E-state index in [1.807, 2.05) is 13.0 Å². The van der Waals surface area contributed by atoms with Crippen LogP contribution in [0.25, 0.3) is 10.9 Å². The van der Waals surface area contributed by atoms with Crippen molar-refractivity contribution in [2.24, 2.45) is 0 Å². The molecule has 6 nitrogen and oxygen atoms in total. The molecule has 0 aliphatic carbocycles. The van der Waals surface area contributed by atoms with Gasteiger partial charge in [0.05, 0.1) is 28.3 Å². The third-order valence-electron chi connectivity index (χ3n) is 6.44. The molecule has 1 unspecified atom stereocenters. The summed E-state index contributed by atoms with van der Waals surface area (Å²) in [6.07, 6.45) is -1.22. The van der Waals surface area contributed by atoms with Gasteiger partial charge in [0, 0.05) is 42.8 Å². The van der Waals surface area contributed by atoms with Gasteiger partial charge >= 0.3 is 0 Å². The van der Waals surface area contributed by atoms with Crippen LogP contribution in [0, 0.1) is 12.7 Å². The number of benzene rings is 1. The number of aryl methyl sites for hydroxylation is 1. The number of pyridine rings is 1. The predicted molar refractivity (Wildman–Crippen MR) is 144 cm³/mol. The highest BCUT2D eigenvalue weighted by Gasteiger charge is 2.23. The highest BCUT2D eigenvalue weighted by atomic mass is 32.2. The Kier molecular flexibility index (Phi) is 7.28. The van der Waals surface area contributed by atoms with Gasteiger partial charge < -0.3 is 10.2 Å². The Bertz CT molecular complexity index is 1400. The Morgan fingerprint density at radius 2 is 1.78 bits per heavy atom. The Morgan fingerprint density at radius 3 is 2.42 bits per heavy atom. The Morgan fingerprint density at radius 1 is 1.11 bits per heavy atom. The van der Waals surface area contributed by atoms with Crippen LogP contribution in [0.3, 0.4) is 0 Å². The SMILES string of the molecule is C=C(C)N1CCN(S(=C)(=C)c2cc3c(NC(C)c4cccc(C(F)F)c4F)nc(C)nc3cn2)CC1. The molecule has 1 atom stereocenters. The molecular weight excluding hydrogens is 485 g/mol. The zero-order chi connectivity index (χ0) is 26.2. The molecule has 1 saturated heterocycles. The maximum absolute atomic E-state index is 14.8. The molecule has 0 saturated carbocycles. The molecule has 0 spiro atoms. The third-order valence-corrected chi connectivity index (χ3v) is 8.80. The van der Waals surface area contributed by atoms with Gasteiger partial charge in [-0.1, -0.05) is 36.5 Å². The number of piperazine rings is 1. The number of hydrogen-bond donors (Lipinski definition) is 1. The Hall–Kier alpha value is -3.11. The van der Waals surface area contributed by atoms with Crippen molar-refractivity contribution in [3.05, 3.63) is 65.5 Å². The highest BCUT2D eigenvalue weighted by Crippen LogP contribution is 2.38.